The summed E-state index contributed by atoms with van der Waals surface area (Å²) in [6, 6.07) is 8.38. The van der Waals surface area contributed by atoms with E-state index >= 15 is 0 Å². The van der Waals surface area contributed by atoms with Gasteiger partial charge in [-0.3, -0.25) is 4.79 Å². The molecule has 1 saturated carbocycles. The average molecular weight is 274 g/mol. The summed E-state index contributed by atoms with van der Waals surface area (Å²) in [5.74, 6) is 1.58. The summed E-state index contributed by atoms with van der Waals surface area (Å²) >= 11 is 0. The molecule has 1 amide bonds. The number of carbonyl (C=O) groups is 1. The van der Waals surface area contributed by atoms with E-state index in [4.69, 9.17) is 10.5 Å². The Morgan fingerprint density at radius 3 is 2.65 bits per heavy atom. The Morgan fingerprint density at radius 1 is 1.35 bits per heavy atom. The lowest BCUT2D eigenvalue weighted by Gasteiger charge is -2.48. The Bertz CT molecular complexity index is 486. The number of piperidine rings is 2. The van der Waals surface area contributed by atoms with E-state index in [2.05, 4.69) is 0 Å². The molecule has 4 nitrogen and oxygen atoms in total. The van der Waals surface area contributed by atoms with Gasteiger partial charge in [-0.25, -0.2) is 0 Å². The molecule has 20 heavy (non-hydrogen) atoms. The van der Waals surface area contributed by atoms with Crippen LogP contribution in [0.25, 0.3) is 0 Å². The number of amides is 1. The summed E-state index contributed by atoms with van der Waals surface area (Å²) in [6.07, 6.45) is 3.49. The SMILES string of the molecule is CC(=O)N1CC2CCC1CC2Oc1ccc(CN)cc1. The lowest BCUT2D eigenvalue weighted by Crippen LogP contribution is -2.56. The Morgan fingerprint density at radius 2 is 2.10 bits per heavy atom. The van der Waals surface area contributed by atoms with Crippen molar-refractivity contribution in [3.05, 3.63) is 29.8 Å². The van der Waals surface area contributed by atoms with Crippen LogP contribution in [0.5, 0.6) is 5.75 Å². The zero-order valence-electron chi connectivity index (χ0n) is 11.9. The molecule has 3 aliphatic rings. The van der Waals surface area contributed by atoms with Crippen molar-refractivity contribution in [2.45, 2.75) is 44.9 Å². The van der Waals surface area contributed by atoms with E-state index in [0.717, 1.165) is 30.7 Å². The molecule has 2 N–H and O–H groups in total. The van der Waals surface area contributed by atoms with E-state index < -0.39 is 0 Å². The molecule has 0 aromatic heterocycles. The Kier molecular flexibility index (Phi) is 3.66. The number of nitrogens with two attached hydrogens (primary N) is 1. The third-order valence-corrected chi connectivity index (χ3v) is 4.62. The van der Waals surface area contributed by atoms with Gasteiger partial charge in [-0.15, -0.1) is 0 Å². The molecule has 3 atom stereocenters. The molecular formula is C16H22N2O2. The van der Waals surface area contributed by atoms with E-state index in [1.54, 1.807) is 6.92 Å². The highest BCUT2D eigenvalue weighted by molar-refractivity contribution is 5.73. The van der Waals surface area contributed by atoms with Crippen molar-refractivity contribution in [3.8, 4) is 5.75 Å². The van der Waals surface area contributed by atoms with Crippen LogP contribution in [-0.2, 0) is 11.3 Å². The van der Waals surface area contributed by atoms with Crippen molar-refractivity contribution in [2.24, 2.45) is 11.7 Å². The number of fused-ring (bicyclic) bond motifs is 3. The highest BCUT2D eigenvalue weighted by atomic mass is 16.5. The standard InChI is InChI=1S/C16H22N2O2/c1-11(19)18-10-13-4-5-14(18)8-16(13)20-15-6-2-12(9-17)3-7-15/h2-3,6-7,13-14,16H,4-5,8-10,17H2,1H3. The van der Waals surface area contributed by atoms with Crippen molar-refractivity contribution in [2.75, 3.05) is 6.54 Å². The highest BCUT2D eigenvalue weighted by Gasteiger charge is 2.42. The fourth-order valence-electron chi connectivity index (χ4n) is 3.47. The first-order chi connectivity index (χ1) is 9.67. The molecule has 0 spiro atoms. The van der Waals surface area contributed by atoms with Gasteiger partial charge in [0, 0.05) is 38.4 Å². The van der Waals surface area contributed by atoms with Crippen molar-refractivity contribution < 1.29 is 9.53 Å². The Balaban J connectivity index is 1.66. The van der Waals surface area contributed by atoms with Gasteiger partial charge in [0.05, 0.1) is 0 Å². The van der Waals surface area contributed by atoms with E-state index in [-0.39, 0.29) is 12.0 Å². The first-order valence-electron chi connectivity index (χ1n) is 7.40. The molecule has 1 aromatic carbocycles. The summed E-state index contributed by atoms with van der Waals surface area (Å²) in [7, 11) is 0. The molecule has 4 rings (SSSR count). The molecule has 2 aliphatic heterocycles. The van der Waals surface area contributed by atoms with Crippen LogP contribution >= 0.6 is 0 Å². The van der Waals surface area contributed by atoms with Crippen LogP contribution < -0.4 is 10.5 Å². The molecule has 3 unspecified atom stereocenters. The summed E-state index contributed by atoms with van der Waals surface area (Å²) in [6.45, 7) is 3.08. The Labute approximate surface area is 119 Å². The molecule has 108 valence electrons. The molecule has 3 fully saturated rings. The second kappa shape index (κ2) is 5.44. The number of carbonyl (C=O) groups excluding carboxylic acids is 1. The predicted octanol–water partition coefficient (Wildman–Crippen LogP) is 1.92. The molecule has 4 heteroatoms. The zero-order valence-corrected chi connectivity index (χ0v) is 11.9. The number of hydrogen-bond donors (Lipinski definition) is 1. The highest BCUT2D eigenvalue weighted by Crippen LogP contribution is 2.37. The molecule has 2 bridgehead atoms. The van der Waals surface area contributed by atoms with Crippen LogP contribution in [0.2, 0.25) is 0 Å². The molecule has 0 radical (unpaired) electrons. The minimum atomic E-state index is 0.199. The second-order valence-corrected chi connectivity index (χ2v) is 5.90. The van der Waals surface area contributed by atoms with E-state index in [0.29, 0.717) is 18.5 Å². The minimum absolute atomic E-state index is 0.199. The van der Waals surface area contributed by atoms with Crippen molar-refractivity contribution >= 4 is 5.91 Å². The van der Waals surface area contributed by atoms with Gasteiger partial charge in [0.15, 0.2) is 0 Å². The van der Waals surface area contributed by atoms with Crippen LogP contribution in [-0.4, -0.2) is 29.5 Å². The van der Waals surface area contributed by atoms with Gasteiger partial charge < -0.3 is 15.4 Å². The largest absolute Gasteiger partial charge is 0.490 e. The van der Waals surface area contributed by atoms with Gasteiger partial charge in [-0.1, -0.05) is 12.1 Å². The number of hydrogen-bond acceptors (Lipinski definition) is 3. The molecule has 2 saturated heterocycles. The average Bonchev–Trinajstić information content (AvgIpc) is 2.48. The maximum absolute atomic E-state index is 11.6. The summed E-state index contributed by atoms with van der Waals surface area (Å²) < 4.78 is 6.14. The Hall–Kier alpha value is -1.55. The smallest absolute Gasteiger partial charge is 0.219 e. The van der Waals surface area contributed by atoms with Crippen molar-refractivity contribution in [1.29, 1.82) is 0 Å². The first kappa shape index (κ1) is 13.4. The van der Waals surface area contributed by atoms with Crippen molar-refractivity contribution in [3.63, 3.8) is 0 Å². The summed E-state index contributed by atoms with van der Waals surface area (Å²) in [5.41, 5.74) is 6.71. The number of benzene rings is 1. The van der Waals surface area contributed by atoms with Gasteiger partial charge >= 0.3 is 0 Å². The predicted molar refractivity (Wildman–Crippen MR) is 77.3 cm³/mol. The second-order valence-electron chi connectivity index (χ2n) is 5.90. The monoisotopic (exact) mass is 274 g/mol. The maximum Gasteiger partial charge on any atom is 0.219 e. The van der Waals surface area contributed by atoms with Gasteiger partial charge in [-0.05, 0) is 30.5 Å². The summed E-state index contributed by atoms with van der Waals surface area (Å²) in [4.78, 5) is 13.6. The summed E-state index contributed by atoms with van der Waals surface area (Å²) in [5, 5.41) is 0. The van der Waals surface area contributed by atoms with Crippen LogP contribution in [0.3, 0.4) is 0 Å². The molecule has 1 aromatic rings. The fourth-order valence-corrected chi connectivity index (χ4v) is 3.47. The molecule has 1 aliphatic carbocycles. The third-order valence-electron chi connectivity index (χ3n) is 4.62. The first-order valence-corrected chi connectivity index (χ1v) is 7.40. The normalized spacial score (nSPS) is 28.5. The third kappa shape index (κ3) is 2.52. The minimum Gasteiger partial charge on any atom is -0.490 e. The number of nitrogens with zero attached hydrogens (tertiary/aromatic N) is 1. The van der Waals surface area contributed by atoms with Crippen LogP contribution in [0.4, 0.5) is 0 Å². The maximum atomic E-state index is 11.6. The number of ether oxygens (including phenoxy) is 1. The van der Waals surface area contributed by atoms with Gasteiger partial charge in [0.25, 0.3) is 0 Å². The van der Waals surface area contributed by atoms with E-state index in [1.165, 1.54) is 6.42 Å². The van der Waals surface area contributed by atoms with E-state index in [1.807, 2.05) is 29.2 Å². The molecule has 2 heterocycles. The quantitative estimate of drug-likeness (QED) is 0.916. The van der Waals surface area contributed by atoms with Crippen LogP contribution in [0, 0.1) is 5.92 Å². The van der Waals surface area contributed by atoms with Gasteiger partial charge in [0.1, 0.15) is 11.9 Å². The zero-order chi connectivity index (χ0) is 14.1. The van der Waals surface area contributed by atoms with Crippen LogP contribution in [0.1, 0.15) is 31.7 Å². The topological polar surface area (TPSA) is 55.6 Å². The van der Waals surface area contributed by atoms with Crippen LogP contribution in [0.15, 0.2) is 24.3 Å². The lowest BCUT2D eigenvalue weighted by atomic mass is 9.77. The fraction of sp³-hybridized carbons (Fsp3) is 0.562. The van der Waals surface area contributed by atoms with E-state index in [9.17, 15) is 4.79 Å². The lowest BCUT2D eigenvalue weighted by molar-refractivity contribution is -0.140. The van der Waals surface area contributed by atoms with Gasteiger partial charge in [-0.2, -0.15) is 0 Å². The molecular weight excluding hydrogens is 252 g/mol. The number of rotatable bonds is 3. The van der Waals surface area contributed by atoms with Gasteiger partial charge in [0.2, 0.25) is 5.91 Å². The van der Waals surface area contributed by atoms with Crippen molar-refractivity contribution in [1.82, 2.24) is 4.90 Å².